The molecule has 1 aromatic carbocycles. The van der Waals surface area contributed by atoms with Gasteiger partial charge in [0.1, 0.15) is 0 Å². The lowest BCUT2D eigenvalue weighted by Gasteiger charge is -2.13. The first-order valence-electron chi connectivity index (χ1n) is 7.77. The van der Waals surface area contributed by atoms with Crippen molar-refractivity contribution in [3.05, 3.63) is 29.8 Å². The molecule has 12 heteroatoms. The van der Waals surface area contributed by atoms with Crippen molar-refractivity contribution in [1.82, 2.24) is 15.4 Å². The highest BCUT2D eigenvalue weighted by atomic mass is 127. The molecule has 3 N–H and O–H groups in total. The Hall–Kier alpha value is -1.12. The molecule has 0 atom stereocenters. The van der Waals surface area contributed by atoms with Crippen LogP contribution in [0.4, 0.5) is 13.2 Å². The van der Waals surface area contributed by atoms with E-state index >= 15 is 0 Å². The van der Waals surface area contributed by atoms with Crippen molar-refractivity contribution < 1.29 is 26.3 Å². The molecule has 7 nitrogen and oxygen atoms in total. The minimum absolute atomic E-state index is 0. The third-order valence-corrected chi connectivity index (χ3v) is 4.69. The first-order chi connectivity index (χ1) is 12.2. The summed E-state index contributed by atoms with van der Waals surface area (Å²) in [5.41, 5.74) is 0.750. The summed E-state index contributed by atoms with van der Waals surface area (Å²) in [7, 11) is -0.681. The number of methoxy groups -OCH3 is 1. The molecular weight excluding hydrogens is 500 g/mol. The minimum atomic E-state index is -4.23. The Balaban J connectivity index is 0.00000676. The van der Waals surface area contributed by atoms with Gasteiger partial charge >= 0.3 is 6.18 Å². The molecule has 0 bridgehead atoms. The minimum Gasteiger partial charge on any atom is -0.383 e. The number of aliphatic imine (C=N–C) groups is 1. The smallest absolute Gasteiger partial charge is 0.383 e. The lowest BCUT2D eigenvalue weighted by molar-refractivity contribution is -0.132. The normalized spacial score (nSPS) is 12.4. The van der Waals surface area contributed by atoms with E-state index in [1.165, 1.54) is 26.3 Å². The summed E-state index contributed by atoms with van der Waals surface area (Å²) < 4.78 is 67.6. The molecule has 0 saturated carbocycles. The molecule has 0 saturated heterocycles. The number of hydrogen-bond donors (Lipinski definition) is 3. The zero-order valence-electron chi connectivity index (χ0n) is 15.0. The van der Waals surface area contributed by atoms with E-state index in [2.05, 4.69) is 20.3 Å². The Morgan fingerprint density at radius 1 is 1.15 bits per heavy atom. The molecule has 156 valence electrons. The zero-order valence-corrected chi connectivity index (χ0v) is 18.1. The van der Waals surface area contributed by atoms with Crippen molar-refractivity contribution in [2.24, 2.45) is 4.99 Å². The van der Waals surface area contributed by atoms with E-state index < -0.39 is 22.6 Å². The molecule has 0 radical (unpaired) electrons. The summed E-state index contributed by atoms with van der Waals surface area (Å²) in [4.78, 5) is 3.95. The van der Waals surface area contributed by atoms with Gasteiger partial charge in [0.15, 0.2) is 5.96 Å². The van der Waals surface area contributed by atoms with Crippen LogP contribution in [-0.2, 0) is 21.3 Å². The largest absolute Gasteiger partial charge is 0.390 e. The van der Waals surface area contributed by atoms with E-state index in [1.54, 1.807) is 12.1 Å². The number of ether oxygens (including phenoxy) is 1. The summed E-state index contributed by atoms with van der Waals surface area (Å²) in [6.07, 6.45) is -5.19. The van der Waals surface area contributed by atoms with Crippen LogP contribution in [0.15, 0.2) is 34.2 Å². The average molecular weight is 524 g/mol. The fourth-order valence-electron chi connectivity index (χ4n) is 1.88. The SMILES string of the molecule is CN=C(NCCC(F)(F)F)NCc1ccc(S(=O)(=O)NCCOC)cc1.I. The van der Waals surface area contributed by atoms with Crippen LogP contribution in [0.3, 0.4) is 0 Å². The molecule has 1 rings (SSSR count). The maximum atomic E-state index is 12.1. The molecule has 0 amide bonds. The van der Waals surface area contributed by atoms with Crippen LogP contribution in [-0.4, -0.2) is 54.4 Å². The molecule has 0 aliphatic rings. The van der Waals surface area contributed by atoms with Gasteiger partial charge in [-0.15, -0.1) is 24.0 Å². The van der Waals surface area contributed by atoms with Crippen LogP contribution in [0, 0.1) is 0 Å². The van der Waals surface area contributed by atoms with E-state index in [-0.39, 0.29) is 61.1 Å². The van der Waals surface area contributed by atoms with Gasteiger partial charge in [-0.1, -0.05) is 12.1 Å². The van der Waals surface area contributed by atoms with Gasteiger partial charge in [0, 0.05) is 33.8 Å². The molecule has 0 aliphatic heterocycles. The van der Waals surface area contributed by atoms with Gasteiger partial charge in [0.25, 0.3) is 0 Å². The van der Waals surface area contributed by atoms with Gasteiger partial charge in [0.2, 0.25) is 10.0 Å². The predicted molar refractivity (Wildman–Crippen MR) is 108 cm³/mol. The summed E-state index contributed by atoms with van der Waals surface area (Å²) in [5.74, 6) is 0.229. The number of hydrogen-bond acceptors (Lipinski definition) is 4. The maximum absolute atomic E-state index is 12.1. The van der Waals surface area contributed by atoms with Gasteiger partial charge in [-0.2, -0.15) is 13.2 Å². The van der Waals surface area contributed by atoms with Crippen molar-refractivity contribution >= 4 is 40.0 Å². The van der Waals surface area contributed by atoms with Gasteiger partial charge in [-0.3, -0.25) is 4.99 Å². The van der Waals surface area contributed by atoms with Crippen molar-refractivity contribution in [2.75, 3.05) is 33.9 Å². The zero-order chi connectivity index (χ0) is 19.6. The number of guanidine groups is 1. The molecule has 0 aliphatic carbocycles. The maximum Gasteiger partial charge on any atom is 0.390 e. The second-order valence-electron chi connectivity index (χ2n) is 5.25. The first kappa shape index (κ1) is 25.9. The standard InChI is InChI=1S/C15H23F3N4O3S.HI/c1-19-14(20-8-7-15(16,17)18)21-11-12-3-5-13(6-4-12)26(23,24)22-9-10-25-2;/h3-6,22H,7-11H2,1-2H3,(H2,19,20,21);1H. The fraction of sp³-hybridized carbons (Fsp3) is 0.533. The van der Waals surface area contributed by atoms with E-state index in [9.17, 15) is 21.6 Å². The summed E-state index contributed by atoms with van der Waals surface area (Å²) in [6, 6.07) is 6.12. The lowest BCUT2D eigenvalue weighted by atomic mass is 10.2. The second kappa shape index (κ2) is 12.4. The van der Waals surface area contributed by atoms with E-state index in [0.29, 0.717) is 0 Å². The Labute approximate surface area is 174 Å². The monoisotopic (exact) mass is 524 g/mol. The second-order valence-corrected chi connectivity index (χ2v) is 7.02. The molecule has 0 unspecified atom stereocenters. The lowest BCUT2D eigenvalue weighted by Crippen LogP contribution is -2.38. The van der Waals surface area contributed by atoms with Crippen LogP contribution in [0.1, 0.15) is 12.0 Å². The number of nitrogens with one attached hydrogen (secondary N) is 3. The molecule has 0 spiro atoms. The summed E-state index contributed by atoms with van der Waals surface area (Å²) in [6.45, 7) is 0.431. The number of alkyl halides is 3. The molecule has 27 heavy (non-hydrogen) atoms. The number of nitrogens with zero attached hydrogens (tertiary/aromatic N) is 1. The van der Waals surface area contributed by atoms with Crippen molar-refractivity contribution in [3.63, 3.8) is 0 Å². The average Bonchev–Trinajstić information content (AvgIpc) is 2.57. The molecule has 0 fully saturated rings. The van der Waals surface area contributed by atoms with Gasteiger partial charge < -0.3 is 15.4 Å². The summed E-state index contributed by atoms with van der Waals surface area (Å²) >= 11 is 0. The van der Waals surface area contributed by atoms with Crippen LogP contribution in [0.5, 0.6) is 0 Å². The third kappa shape index (κ3) is 10.7. The Bertz CT molecular complexity index is 683. The highest BCUT2D eigenvalue weighted by Gasteiger charge is 2.26. The van der Waals surface area contributed by atoms with E-state index in [4.69, 9.17) is 4.74 Å². The van der Waals surface area contributed by atoms with Crippen molar-refractivity contribution in [3.8, 4) is 0 Å². The van der Waals surface area contributed by atoms with E-state index in [0.717, 1.165) is 5.56 Å². The van der Waals surface area contributed by atoms with Gasteiger partial charge in [0.05, 0.1) is 17.9 Å². The van der Waals surface area contributed by atoms with Crippen LogP contribution in [0.2, 0.25) is 0 Å². The van der Waals surface area contributed by atoms with Gasteiger partial charge in [-0.05, 0) is 17.7 Å². The topological polar surface area (TPSA) is 91.8 Å². The molecule has 0 aromatic heterocycles. The molecular formula is C15H24F3IN4O3S. The van der Waals surface area contributed by atoms with E-state index in [1.807, 2.05) is 0 Å². The first-order valence-corrected chi connectivity index (χ1v) is 9.25. The van der Waals surface area contributed by atoms with Crippen molar-refractivity contribution in [1.29, 1.82) is 0 Å². The predicted octanol–water partition coefficient (Wildman–Crippen LogP) is 1.85. The van der Waals surface area contributed by atoms with Crippen LogP contribution in [0.25, 0.3) is 0 Å². The van der Waals surface area contributed by atoms with Crippen LogP contribution >= 0.6 is 24.0 Å². The molecule has 0 heterocycles. The number of benzene rings is 1. The van der Waals surface area contributed by atoms with Crippen molar-refractivity contribution in [2.45, 2.75) is 24.0 Å². The Kier molecular flexibility index (Phi) is 11.8. The highest BCUT2D eigenvalue weighted by Crippen LogP contribution is 2.18. The summed E-state index contributed by atoms with van der Waals surface area (Å²) in [5, 5.41) is 5.42. The van der Waals surface area contributed by atoms with Crippen LogP contribution < -0.4 is 15.4 Å². The Morgan fingerprint density at radius 3 is 2.30 bits per heavy atom. The number of rotatable bonds is 9. The van der Waals surface area contributed by atoms with Gasteiger partial charge in [-0.25, -0.2) is 13.1 Å². The quantitative estimate of drug-likeness (QED) is 0.199. The fourth-order valence-corrected chi connectivity index (χ4v) is 2.89. The number of sulfonamides is 1. The molecule has 1 aromatic rings. The highest BCUT2D eigenvalue weighted by molar-refractivity contribution is 14.0. The Morgan fingerprint density at radius 2 is 1.78 bits per heavy atom. The number of halogens is 4. The third-order valence-electron chi connectivity index (χ3n) is 3.22.